The lowest BCUT2D eigenvalue weighted by atomic mass is 9.99. The molecule has 0 unspecified atom stereocenters. The van der Waals surface area contributed by atoms with Crippen LogP contribution in [-0.4, -0.2) is 65.4 Å². The topological polar surface area (TPSA) is 105 Å². The molecule has 1 aromatic carbocycles. The molecule has 0 aliphatic carbocycles. The number of carbonyl (C=O) groups is 2. The SMILES string of the molecule is Cc1nn(CC(=O)N2CCCC2)c(C)c1S(=O)(=O)N1CCC[C@@H](C(=O)Nc2cccc(Cl)c2)C1. The number of hydrogen-bond acceptors (Lipinski definition) is 5. The van der Waals surface area contributed by atoms with Crippen molar-refractivity contribution < 1.29 is 18.0 Å². The molecule has 34 heavy (non-hydrogen) atoms. The molecule has 2 fully saturated rings. The summed E-state index contributed by atoms with van der Waals surface area (Å²) in [6, 6.07) is 6.86. The summed E-state index contributed by atoms with van der Waals surface area (Å²) in [7, 11) is -3.88. The maximum absolute atomic E-state index is 13.6. The van der Waals surface area contributed by atoms with Crippen molar-refractivity contribution in [3.8, 4) is 0 Å². The maximum atomic E-state index is 13.6. The van der Waals surface area contributed by atoms with Gasteiger partial charge < -0.3 is 10.2 Å². The number of nitrogens with one attached hydrogen (secondary N) is 1. The van der Waals surface area contributed by atoms with Gasteiger partial charge in [-0.05, 0) is 57.7 Å². The fourth-order valence-corrected chi connectivity index (χ4v) is 6.80. The molecule has 2 aliphatic rings. The van der Waals surface area contributed by atoms with Crippen molar-refractivity contribution >= 4 is 39.1 Å². The fraction of sp³-hybridized carbons (Fsp3) is 0.522. The minimum absolute atomic E-state index is 0.0207. The van der Waals surface area contributed by atoms with Gasteiger partial charge in [0.1, 0.15) is 11.4 Å². The molecule has 4 rings (SSSR count). The van der Waals surface area contributed by atoms with Crippen molar-refractivity contribution in [3.63, 3.8) is 0 Å². The smallest absolute Gasteiger partial charge is 0.246 e. The van der Waals surface area contributed by atoms with Gasteiger partial charge in [0.05, 0.1) is 17.3 Å². The summed E-state index contributed by atoms with van der Waals surface area (Å²) in [5, 5.41) is 7.72. The van der Waals surface area contributed by atoms with Crippen molar-refractivity contribution in [2.45, 2.75) is 51.0 Å². The van der Waals surface area contributed by atoms with Gasteiger partial charge in [-0.3, -0.25) is 14.3 Å². The lowest BCUT2D eigenvalue weighted by Gasteiger charge is -2.31. The van der Waals surface area contributed by atoms with Crippen LogP contribution < -0.4 is 5.32 Å². The van der Waals surface area contributed by atoms with E-state index in [0.29, 0.717) is 41.5 Å². The Bertz CT molecular complexity index is 1190. The van der Waals surface area contributed by atoms with Crippen LogP contribution in [0.2, 0.25) is 5.02 Å². The Hall–Kier alpha value is -2.43. The molecular formula is C23H30ClN5O4S. The van der Waals surface area contributed by atoms with E-state index >= 15 is 0 Å². The van der Waals surface area contributed by atoms with Crippen molar-refractivity contribution in [1.29, 1.82) is 0 Å². The van der Waals surface area contributed by atoms with Crippen LogP contribution in [0.1, 0.15) is 37.1 Å². The van der Waals surface area contributed by atoms with E-state index in [1.807, 2.05) is 0 Å². The van der Waals surface area contributed by atoms with Crippen LogP contribution in [0.4, 0.5) is 5.69 Å². The molecule has 2 aromatic rings. The molecular weight excluding hydrogens is 478 g/mol. The molecule has 1 aromatic heterocycles. The minimum atomic E-state index is -3.88. The van der Waals surface area contributed by atoms with E-state index in [9.17, 15) is 18.0 Å². The van der Waals surface area contributed by atoms with E-state index in [4.69, 9.17) is 11.6 Å². The first-order valence-corrected chi connectivity index (χ1v) is 13.4. The molecule has 0 radical (unpaired) electrons. The van der Waals surface area contributed by atoms with E-state index in [1.54, 1.807) is 43.0 Å². The predicted octanol–water partition coefficient (Wildman–Crippen LogP) is 2.82. The third kappa shape index (κ3) is 5.13. The Balaban J connectivity index is 1.49. The van der Waals surface area contributed by atoms with Crippen LogP contribution in [0.25, 0.3) is 0 Å². The number of piperidine rings is 1. The molecule has 11 heteroatoms. The third-order valence-corrected chi connectivity index (χ3v) is 8.86. The summed E-state index contributed by atoms with van der Waals surface area (Å²) < 4.78 is 30.0. The first kappa shape index (κ1) is 24.7. The van der Waals surface area contributed by atoms with E-state index in [2.05, 4.69) is 10.4 Å². The van der Waals surface area contributed by atoms with Crippen molar-refractivity contribution in [2.24, 2.45) is 5.92 Å². The molecule has 2 saturated heterocycles. The number of anilines is 1. The summed E-state index contributed by atoms with van der Waals surface area (Å²) in [5.41, 5.74) is 1.38. The van der Waals surface area contributed by atoms with Crippen molar-refractivity contribution in [3.05, 3.63) is 40.7 Å². The van der Waals surface area contributed by atoms with Crippen LogP contribution in [0.15, 0.2) is 29.2 Å². The van der Waals surface area contributed by atoms with Crippen molar-refractivity contribution in [2.75, 3.05) is 31.5 Å². The monoisotopic (exact) mass is 507 g/mol. The molecule has 0 saturated carbocycles. The zero-order valence-electron chi connectivity index (χ0n) is 19.5. The summed E-state index contributed by atoms with van der Waals surface area (Å²) in [5.74, 6) is -0.764. The Morgan fingerprint density at radius 1 is 1.15 bits per heavy atom. The van der Waals surface area contributed by atoms with Gasteiger partial charge in [0.2, 0.25) is 21.8 Å². The van der Waals surface area contributed by atoms with Gasteiger partial charge in [-0.15, -0.1) is 0 Å². The second-order valence-corrected chi connectivity index (χ2v) is 11.3. The Morgan fingerprint density at radius 3 is 2.59 bits per heavy atom. The number of likely N-dealkylation sites (tertiary alicyclic amines) is 1. The molecule has 9 nitrogen and oxygen atoms in total. The van der Waals surface area contributed by atoms with Gasteiger partial charge in [0.15, 0.2) is 0 Å². The number of halogens is 1. The number of hydrogen-bond donors (Lipinski definition) is 1. The number of benzene rings is 1. The highest BCUT2D eigenvalue weighted by Crippen LogP contribution is 2.29. The lowest BCUT2D eigenvalue weighted by Crippen LogP contribution is -2.44. The van der Waals surface area contributed by atoms with Gasteiger partial charge >= 0.3 is 0 Å². The zero-order valence-corrected chi connectivity index (χ0v) is 21.0. The maximum Gasteiger partial charge on any atom is 0.246 e. The van der Waals surface area contributed by atoms with E-state index in [1.165, 1.54) is 8.99 Å². The second-order valence-electron chi connectivity index (χ2n) is 8.95. The summed E-state index contributed by atoms with van der Waals surface area (Å²) in [6.07, 6.45) is 3.15. The number of sulfonamides is 1. The van der Waals surface area contributed by atoms with Crippen molar-refractivity contribution in [1.82, 2.24) is 19.0 Å². The summed E-state index contributed by atoms with van der Waals surface area (Å²) in [4.78, 5) is 27.3. The van der Waals surface area contributed by atoms with E-state index in [0.717, 1.165) is 25.9 Å². The Kier molecular flexibility index (Phi) is 7.30. The molecule has 2 aliphatic heterocycles. The van der Waals surface area contributed by atoms with Gasteiger partial charge in [0, 0.05) is 36.9 Å². The Labute approximate surface area is 205 Å². The van der Waals surface area contributed by atoms with Crippen LogP contribution >= 0.6 is 11.6 Å². The van der Waals surface area contributed by atoms with E-state index in [-0.39, 0.29) is 29.8 Å². The predicted molar refractivity (Wildman–Crippen MR) is 129 cm³/mol. The number of rotatable bonds is 6. The van der Waals surface area contributed by atoms with Gasteiger partial charge in [-0.1, -0.05) is 17.7 Å². The number of aromatic nitrogens is 2. The largest absolute Gasteiger partial charge is 0.341 e. The summed E-state index contributed by atoms with van der Waals surface area (Å²) in [6.45, 7) is 5.23. The average molecular weight is 508 g/mol. The van der Waals surface area contributed by atoms with E-state index < -0.39 is 15.9 Å². The highest BCUT2D eigenvalue weighted by molar-refractivity contribution is 7.89. The number of nitrogens with zero attached hydrogens (tertiary/aromatic N) is 4. The number of amides is 2. The standard InChI is InChI=1S/C23H30ClN5O4S/c1-16-22(17(2)29(26-16)15-21(30)27-10-3-4-11-27)34(32,33)28-12-6-7-18(14-28)23(31)25-20-9-5-8-19(24)13-20/h5,8-9,13,18H,3-4,6-7,10-12,14-15H2,1-2H3,(H,25,31)/t18-/m1/s1. The van der Waals surface area contributed by atoms with Gasteiger partial charge in [-0.2, -0.15) is 9.40 Å². The van der Waals surface area contributed by atoms with Crippen LogP contribution in [0, 0.1) is 19.8 Å². The number of aryl methyl sites for hydroxylation is 1. The zero-order chi connectivity index (χ0) is 24.5. The minimum Gasteiger partial charge on any atom is -0.341 e. The van der Waals surface area contributed by atoms with Crippen LogP contribution in [0.5, 0.6) is 0 Å². The highest BCUT2D eigenvalue weighted by Gasteiger charge is 2.36. The summed E-state index contributed by atoms with van der Waals surface area (Å²) >= 11 is 5.99. The lowest BCUT2D eigenvalue weighted by molar-refractivity contribution is -0.131. The average Bonchev–Trinajstić information content (AvgIpc) is 3.42. The first-order chi connectivity index (χ1) is 16.2. The second kappa shape index (κ2) is 10.1. The number of carbonyl (C=O) groups excluding carboxylic acids is 2. The van der Waals surface area contributed by atoms with Gasteiger partial charge in [0.25, 0.3) is 0 Å². The van der Waals surface area contributed by atoms with Crippen LogP contribution in [-0.2, 0) is 26.2 Å². The molecule has 184 valence electrons. The quantitative estimate of drug-likeness (QED) is 0.647. The highest BCUT2D eigenvalue weighted by atomic mass is 35.5. The first-order valence-electron chi connectivity index (χ1n) is 11.5. The fourth-order valence-electron chi connectivity index (χ4n) is 4.72. The Morgan fingerprint density at radius 2 is 1.88 bits per heavy atom. The normalized spacial score (nSPS) is 19.4. The molecule has 1 atom stereocenters. The molecule has 1 N–H and O–H groups in total. The molecule has 0 bridgehead atoms. The van der Waals surface area contributed by atoms with Crippen LogP contribution in [0.3, 0.4) is 0 Å². The van der Waals surface area contributed by atoms with Gasteiger partial charge in [-0.25, -0.2) is 8.42 Å². The molecule has 2 amide bonds. The molecule has 3 heterocycles. The third-order valence-electron chi connectivity index (χ3n) is 6.50. The molecule has 0 spiro atoms.